The van der Waals surface area contributed by atoms with Crippen LogP contribution >= 0.6 is 0 Å². The molecule has 0 saturated carbocycles. The highest BCUT2D eigenvalue weighted by atomic mass is 32.2. The molecule has 2 N–H and O–H groups in total. The first-order valence-electron chi connectivity index (χ1n) is 5.11. The van der Waals surface area contributed by atoms with Crippen LogP contribution in [0, 0.1) is 6.92 Å². The average molecular weight is 265 g/mol. The molecule has 0 aliphatic heterocycles. The van der Waals surface area contributed by atoms with E-state index >= 15 is 0 Å². The highest BCUT2D eigenvalue weighted by molar-refractivity contribution is 7.92. The Morgan fingerprint density at radius 3 is 2.67 bits per heavy atom. The summed E-state index contributed by atoms with van der Waals surface area (Å²) in [6.07, 6.45) is 4.21. The first kappa shape index (κ1) is 12.3. The van der Waals surface area contributed by atoms with E-state index in [0.717, 1.165) is 12.3 Å². The lowest BCUT2D eigenvalue weighted by atomic mass is 10.3. The molecule has 0 aromatic carbocycles. The second-order valence-electron chi connectivity index (χ2n) is 3.68. The van der Waals surface area contributed by atoms with E-state index in [4.69, 9.17) is 0 Å². The summed E-state index contributed by atoms with van der Waals surface area (Å²) in [5.41, 5.74) is 0.816. The van der Waals surface area contributed by atoms with Gasteiger partial charge in [-0.25, -0.2) is 8.42 Å². The normalized spacial score (nSPS) is 11.2. The van der Waals surface area contributed by atoms with Crippen molar-refractivity contribution in [3.05, 3.63) is 52.7 Å². The van der Waals surface area contributed by atoms with E-state index in [1.165, 1.54) is 12.3 Å². The number of nitrogens with zero attached hydrogens (tertiary/aromatic N) is 1. The van der Waals surface area contributed by atoms with Gasteiger partial charge in [0.15, 0.2) is 0 Å². The average Bonchev–Trinajstić information content (AvgIpc) is 2.32. The smallest absolute Gasteiger partial charge is 0.263 e. The maximum atomic E-state index is 12.0. The lowest BCUT2D eigenvalue weighted by Crippen LogP contribution is -2.15. The van der Waals surface area contributed by atoms with Gasteiger partial charge in [-0.1, -0.05) is 0 Å². The largest absolute Gasteiger partial charge is 0.328 e. The van der Waals surface area contributed by atoms with Crippen molar-refractivity contribution in [3.63, 3.8) is 0 Å². The van der Waals surface area contributed by atoms with Crippen LogP contribution in [-0.4, -0.2) is 18.4 Å². The maximum Gasteiger partial charge on any atom is 0.263 e. The third-order valence-corrected chi connectivity index (χ3v) is 3.69. The van der Waals surface area contributed by atoms with Crippen LogP contribution in [0.25, 0.3) is 0 Å². The Morgan fingerprint density at radius 1 is 1.28 bits per heavy atom. The first-order valence-corrected chi connectivity index (χ1v) is 6.59. The molecule has 0 aliphatic rings. The number of rotatable bonds is 3. The van der Waals surface area contributed by atoms with Crippen LogP contribution in [0.1, 0.15) is 5.56 Å². The summed E-state index contributed by atoms with van der Waals surface area (Å²) < 4.78 is 26.5. The molecular weight excluding hydrogens is 254 g/mol. The summed E-state index contributed by atoms with van der Waals surface area (Å²) in [5.74, 6) is 0. The van der Waals surface area contributed by atoms with Gasteiger partial charge in [0, 0.05) is 24.7 Å². The predicted octanol–water partition coefficient (Wildman–Crippen LogP) is 0.879. The zero-order valence-corrected chi connectivity index (χ0v) is 10.4. The van der Waals surface area contributed by atoms with Crippen LogP contribution in [0.4, 0.5) is 5.69 Å². The molecule has 0 fully saturated rings. The highest BCUT2D eigenvalue weighted by Crippen LogP contribution is 2.17. The number of nitrogens with one attached hydrogen (secondary N) is 2. The molecule has 18 heavy (non-hydrogen) atoms. The lowest BCUT2D eigenvalue weighted by Gasteiger charge is -2.09. The molecule has 0 radical (unpaired) electrons. The van der Waals surface area contributed by atoms with Crippen molar-refractivity contribution in [1.82, 2.24) is 9.97 Å². The van der Waals surface area contributed by atoms with Gasteiger partial charge in [-0.3, -0.25) is 14.5 Å². The fraction of sp³-hybridized carbons (Fsp3) is 0.0909. The molecule has 6 nitrogen and oxygen atoms in total. The fourth-order valence-electron chi connectivity index (χ4n) is 1.36. The summed E-state index contributed by atoms with van der Waals surface area (Å²) in [6, 6.07) is 3.98. The minimum atomic E-state index is -3.70. The highest BCUT2D eigenvalue weighted by Gasteiger charge is 2.14. The van der Waals surface area contributed by atoms with Crippen LogP contribution in [0.5, 0.6) is 0 Å². The summed E-state index contributed by atoms with van der Waals surface area (Å²) in [5, 5.41) is 0. The molecule has 0 saturated heterocycles. The van der Waals surface area contributed by atoms with E-state index in [9.17, 15) is 13.2 Å². The van der Waals surface area contributed by atoms with E-state index < -0.39 is 10.0 Å². The molecule has 0 aliphatic carbocycles. The molecule has 2 aromatic heterocycles. The SMILES string of the molecule is Cc1cnccc1NS(=O)(=O)c1ccc(=O)[nH]c1. The number of aromatic amines is 1. The number of hydrogen-bond acceptors (Lipinski definition) is 4. The van der Waals surface area contributed by atoms with Crippen LogP contribution in [0.3, 0.4) is 0 Å². The number of anilines is 1. The Morgan fingerprint density at radius 2 is 2.06 bits per heavy atom. The van der Waals surface area contributed by atoms with Gasteiger partial charge in [0.25, 0.3) is 10.0 Å². The fourth-order valence-corrected chi connectivity index (χ4v) is 2.45. The molecule has 7 heteroatoms. The van der Waals surface area contributed by atoms with E-state index in [-0.39, 0.29) is 10.5 Å². The van der Waals surface area contributed by atoms with Gasteiger partial charge in [0.05, 0.1) is 5.69 Å². The molecule has 0 atom stereocenters. The number of hydrogen-bond donors (Lipinski definition) is 2. The van der Waals surface area contributed by atoms with E-state index in [2.05, 4.69) is 14.7 Å². The number of aromatic nitrogens is 2. The topological polar surface area (TPSA) is 91.9 Å². The number of aryl methyl sites for hydroxylation is 1. The molecule has 94 valence electrons. The van der Waals surface area contributed by atoms with E-state index in [1.54, 1.807) is 19.2 Å². The van der Waals surface area contributed by atoms with Gasteiger partial charge >= 0.3 is 0 Å². The van der Waals surface area contributed by atoms with Crippen LogP contribution in [0.15, 0.2) is 46.5 Å². The van der Waals surface area contributed by atoms with Crippen molar-refractivity contribution in [2.75, 3.05) is 4.72 Å². The van der Waals surface area contributed by atoms with Crippen LogP contribution in [-0.2, 0) is 10.0 Å². The first-order chi connectivity index (χ1) is 8.49. The summed E-state index contributed by atoms with van der Waals surface area (Å²) in [7, 11) is -3.70. The molecule has 0 bridgehead atoms. The van der Waals surface area contributed by atoms with Crippen molar-refractivity contribution in [3.8, 4) is 0 Å². The second kappa shape index (κ2) is 4.61. The van der Waals surface area contributed by atoms with Crippen molar-refractivity contribution >= 4 is 15.7 Å². The molecule has 0 spiro atoms. The lowest BCUT2D eigenvalue weighted by molar-refractivity contribution is 0.600. The zero-order chi connectivity index (χ0) is 13.2. The third-order valence-electron chi connectivity index (χ3n) is 2.33. The van der Waals surface area contributed by atoms with Gasteiger partial charge in [-0.15, -0.1) is 0 Å². The van der Waals surface area contributed by atoms with E-state index in [0.29, 0.717) is 11.3 Å². The van der Waals surface area contributed by atoms with Crippen molar-refractivity contribution in [2.24, 2.45) is 0 Å². The Balaban J connectivity index is 2.36. The number of sulfonamides is 1. The van der Waals surface area contributed by atoms with E-state index in [1.807, 2.05) is 0 Å². The van der Waals surface area contributed by atoms with Gasteiger partial charge in [0.2, 0.25) is 5.56 Å². The minimum Gasteiger partial charge on any atom is -0.328 e. The van der Waals surface area contributed by atoms with Gasteiger partial charge in [-0.2, -0.15) is 0 Å². The molecule has 2 aromatic rings. The second-order valence-corrected chi connectivity index (χ2v) is 5.37. The molecule has 0 unspecified atom stereocenters. The molecule has 0 amide bonds. The van der Waals surface area contributed by atoms with Gasteiger partial charge in [-0.05, 0) is 24.6 Å². The maximum absolute atomic E-state index is 12.0. The zero-order valence-electron chi connectivity index (χ0n) is 9.54. The molecular formula is C11H11N3O3S. The summed E-state index contributed by atoms with van der Waals surface area (Å²) in [6.45, 7) is 1.75. The van der Waals surface area contributed by atoms with Crippen LogP contribution < -0.4 is 10.3 Å². The Hall–Kier alpha value is -2.15. The van der Waals surface area contributed by atoms with Crippen molar-refractivity contribution in [1.29, 1.82) is 0 Å². The number of H-pyrrole nitrogens is 1. The Bertz CT molecular complexity index is 702. The summed E-state index contributed by atoms with van der Waals surface area (Å²) >= 11 is 0. The van der Waals surface area contributed by atoms with Crippen molar-refractivity contribution in [2.45, 2.75) is 11.8 Å². The van der Waals surface area contributed by atoms with Gasteiger partial charge in [0.1, 0.15) is 4.90 Å². The van der Waals surface area contributed by atoms with Crippen LogP contribution in [0.2, 0.25) is 0 Å². The number of pyridine rings is 2. The minimum absolute atomic E-state index is 0.00156. The quantitative estimate of drug-likeness (QED) is 0.861. The summed E-state index contributed by atoms with van der Waals surface area (Å²) in [4.78, 5) is 17.1. The Kier molecular flexibility index (Phi) is 3.15. The predicted molar refractivity (Wildman–Crippen MR) is 66.8 cm³/mol. The van der Waals surface area contributed by atoms with Gasteiger partial charge < -0.3 is 4.98 Å². The molecule has 2 heterocycles. The Labute approximate surface area is 104 Å². The molecule has 2 rings (SSSR count). The standard InChI is InChI=1S/C11H11N3O3S/c1-8-6-12-5-4-10(8)14-18(16,17)9-2-3-11(15)13-7-9/h2-7H,1H3,(H,12,14)(H,13,15). The van der Waals surface area contributed by atoms with Crippen molar-refractivity contribution < 1.29 is 8.42 Å². The monoisotopic (exact) mass is 265 g/mol. The third kappa shape index (κ3) is 2.57.